The normalized spacial score (nSPS) is 16.4. The van der Waals surface area contributed by atoms with Crippen molar-refractivity contribution in [3.8, 4) is 16.2 Å². The van der Waals surface area contributed by atoms with Crippen LogP contribution in [-0.2, 0) is 6.42 Å². The number of fused-ring (bicyclic) bond motifs is 1. The molecule has 0 spiro atoms. The third-order valence-electron chi connectivity index (χ3n) is 7.95. The second-order valence-electron chi connectivity index (χ2n) is 10.5. The van der Waals surface area contributed by atoms with E-state index in [1.54, 1.807) is 11.3 Å². The summed E-state index contributed by atoms with van der Waals surface area (Å²) in [5, 5.41) is 1.03. The quantitative estimate of drug-likeness (QED) is 0.211. The Morgan fingerprint density at radius 3 is 2.13 bits per heavy atom. The first-order valence-corrected chi connectivity index (χ1v) is 14.9. The molecule has 196 valence electrons. The van der Waals surface area contributed by atoms with Gasteiger partial charge in [0, 0.05) is 39.2 Å². The maximum absolute atomic E-state index is 13.9. The average Bonchev–Trinajstić information content (AvgIpc) is 3.74. The molecule has 0 radical (unpaired) electrons. The zero-order valence-corrected chi connectivity index (χ0v) is 22.8. The number of hydrogen-bond donors (Lipinski definition) is 0. The first kappa shape index (κ1) is 25.3. The highest BCUT2D eigenvalue weighted by Gasteiger charge is 2.21. The van der Waals surface area contributed by atoms with Gasteiger partial charge in [-0.2, -0.15) is 0 Å². The Kier molecular flexibility index (Phi) is 7.86. The highest BCUT2D eigenvalue weighted by molar-refractivity contribution is 7.22. The van der Waals surface area contributed by atoms with Gasteiger partial charge in [0.05, 0.1) is 0 Å². The average molecular weight is 525 g/mol. The van der Waals surface area contributed by atoms with Crippen LogP contribution in [0, 0.1) is 0 Å². The van der Waals surface area contributed by atoms with Crippen LogP contribution in [0.2, 0.25) is 0 Å². The Morgan fingerprint density at radius 2 is 1.42 bits per heavy atom. The summed E-state index contributed by atoms with van der Waals surface area (Å²) in [5.41, 5.74) is 3.91. The summed E-state index contributed by atoms with van der Waals surface area (Å²) in [4.78, 5) is 19.9. The number of likely N-dealkylation sites (tertiary alicyclic amines) is 2. The summed E-state index contributed by atoms with van der Waals surface area (Å²) in [7, 11) is 0. The van der Waals surface area contributed by atoms with E-state index in [9.17, 15) is 4.79 Å². The molecule has 2 fully saturated rings. The molecule has 0 atom stereocenters. The van der Waals surface area contributed by atoms with Crippen LogP contribution < -0.4 is 4.74 Å². The van der Waals surface area contributed by atoms with Gasteiger partial charge in [-0.05, 0) is 99.7 Å². The molecule has 0 saturated carbocycles. The van der Waals surface area contributed by atoms with Crippen LogP contribution in [0.5, 0.6) is 5.75 Å². The molecule has 0 unspecified atom stereocenters. The molecule has 1 aromatic heterocycles. The number of carbonyl (C=O) groups is 1. The lowest BCUT2D eigenvalue weighted by Gasteiger charge is -2.15. The molecule has 2 aliphatic heterocycles. The third-order valence-corrected chi connectivity index (χ3v) is 9.17. The number of carbonyl (C=O) groups excluding carboxylic acids is 1. The molecule has 0 bridgehead atoms. The van der Waals surface area contributed by atoms with Crippen LogP contribution >= 0.6 is 11.3 Å². The standard InChI is InChI=1S/C33H36N2O2S/c36-32(26-11-9-25(10-12-26)17-22-34-18-3-4-19-34)31-29-7-1-2-8-30(29)38-33(31)27-13-15-28(16-14-27)37-24-23-35-20-5-6-21-35/h1-2,7-16H,3-6,17-24H2. The number of nitrogens with zero attached hydrogens (tertiary/aromatic N) is 2. The highest BCUT2D eigenvalue weighted by Crippen LogP contribution is 2.40. The van der Waals surface area contributed by atoms with Gasteiger partial charge in [0.25, 0.3) is 0 Å². The summed E-state index contributed by atoms with van der Waals surface area (Å²) < 4.78 is 7.16. The maximum atomic E-state index is 13.9. The van der Waals surface area contributed by atoms with Crippen LogP contribution in [0.1, 0.15) is 47.2 Å². The van der Waals surface area contributed by atoms with E-state index in [1.807, 2.05) is 36.4 Å². The van der Waals surface area contributed by atoms with Crippen LogP contribution in [0.25, 0.3) is 20.5 Å². The highest BCUT2D eigenvalue weighted by atomic mass is 32.1. The number of ketones is 1. The first-order chi connectivity index (χ1) is 18.7. The van der Waals surface area contributed by atoms with E-state index in [4.69, 9.17) is 4.74 Å². The van der Waals surface area contributed by atoms with Crippen molar-refractivity contribution >= 4 is 27.2 Å². The van der Waals surface area contributed by atoms with Gasteiger partial charge in [-0.3, -0.25) is 9.69 Å². The number of benzene rings is 3. The number of ether oxygens (including phenoxy) is 1. The van der Waals surface area contributed by atoms with E-state index >= 15 is 0 Å². The van der Waals surface area contributed by atoms with E-state index in [0.29, 0.717) is 6.61 Å². The minimum Gasteiger partial charge on any atom is -0.492 e. The molecule has 6 rings (SSSR count). The van der Waals surface area contributed by atoms with Crippen molar-refractivity contribution in [2.45, 2.75) is 32.1 Å². The molecule has 0 aliphatic carbocycles. The van der Waals surface area contributed by atoms with Gasteiger partial charge in [-0.1, -0.05) is 42.5 Å². The van der Waals surface area contributed by atoms with Crippen molar-refractivity contribution in [3.63, 3.8) is 0 Å². The molecule has 4 aromatic rings. The number of hydrogen-bond acceptors (Lipinski definition) is 5. The van der Waals surface area contributed by atoms with E-state index in [0.717, 1.165) is 56.9 Å². The van der Waals surface area contributed by atoms with Gasteiger partial charge < -0.3 is 9.64 Å². The Bertz CT molecular complexity index is 1360. The van der Waals surface area contributed by atoms with Crippen molar-refractivity contribution in [3.05, 3.63) is 89.5 Å². The van der Waals surface area contributed by atoms with Gasteiger partial charge >= 0.3 is 0 Å². The zero-order valence-electron chi connectivity index (χ0n) is 22.0. The fourth-order valence-corrected chi connectivity index (χ4v) is 6.94. The van der Waals surface area contributed by atoms with Crippen molar-refractivity contribution in [1.82, 2.24) is 9.80 Å². The lowest BCUT2D eigenvalue weighted by molar-refractivity contribution is 0.104. The molecule has 0 N–H and O–H groups in total. The number of rotatable bonds is 10. The van der Waals surface area contributed by atoms with Crippen LogP contribution in [0.4, 0.5) is 0 Å². The molecular formula is C33H36N2O2S. The van der Waals surface area contributed by atoms with Crippen LogP contribution in [0.3, 0.4) is 0 Å². The third kappa shape index (κ3) is 5.70. The van der Waals surface area contributed by atoms with Gasteiger partial charge in [-0.25, -0.2) is 0 Å². The summed E-state index contributed by atoms with van der Waals surface area (Å²) in [6.07, 6.45) is 6.27. The smallest absolute Gasteiger partial charge is 0.195 e. The molecule has 3 aromatic carbocycles. The van der Waals surface area contributed by atoms with E-state index in [-0.39, 0.29) is 5.78 Å². The van der Waals surface area contributed by atoms with E-state index < -0.39 is 0 Å². The second kappa shape index (κ2) is 11.8. The molecular weight excluding hydrogens is 488 g/mol. The monoisotopic (exact) mass is 524 g/mol. The van der Waals surface area contributed by atoms with Crippen molar-refractivity contribution in [1.29, 1.82) is 0 Å². The molecule has 0 amide bonds. The summed E-state index contributed by atoms with van der Waals surface area (Å²) >= 11 is 1.69. The summed E-state index contributed by atoms with van der Waals surface area (Å²) in [6, 6.07) is 24.8. The Morgan fingerprint density at radius 1 is 0.763 bits per heavy atom. The van der Waals surface area contributed by atoms with E-state index in [1.165, 1.54) is 57.4 Å². The Balaban J connectivity index is 1.20. The molecule has 2 saturated heterocycles. The Hall–Kier alpha value is -2.99. The fraction of sp³-hybridized carbons (Fsp3) is 0.364. The van der Waals surface area contributed by atoms with Crippen LogP contribution in [0.15, 0.2) is 72.8 Å². The minimum absolute atomic E-state index is 0.0921. The fourth-order valence-electron chi connectivity index (χ4n) is 5.74. The number of thiophene rings is 1. The molecule has 4 nitrogen and oxygen atoms in total. The maximum Gasteiger partial charge on any atom is 0.195 e. The molecule has 38 heavy (non-hydrogen) atoms. The largest absolute Gasteiger partial charge is 0.492 e. The summed E-state index contributed by atoms with van der Waals surface area (Å²) in [6.45, 7) is 7.60. The lowest BCUT2D eigenvalue weighted by atomic mass is 9.96. The van der Waals surface area contributed by atoms with Crippen LogP contribution in [-0.4, -0.2) is 61.5 Å². The molecule has 5 heteroatoms. The minimum atomic E-state index is 0.0921. The predicted molar refractivity (Wildman–Crippen MR) is 158 cm³/mol. The van der Waals surface area contributed by atoms with Gasteiger partial charge in [0.1, 0.15) is 12.4 Å². The van der Waals surface area contributed by atoms with Gasteiger partial charge in [-0.15, -0.1) is 11.3 Å². The predicted octanol–water partition coefficient (Wildman–Crippen LogP) is 6.91. The molecule has 2 aliphatic rings. The molecule has 3 heterocycles. The van der Waals surface area contributed by atoms with Crippen molar-refractivity contribution in [2.24, 2.45) is 0 Å². The zero-order chi connectivity index (χ0) is 25.7. The first-order valence-electron chi connectivity index (χ1n) is 14.1. The van der Waals surface area contributed by atoms with Crippen molar-refractivity contribution in [2.75, 3.05) is 45.9 Å². The lowest BCUT2D eigenvalue weighted by Crippen LogP contribution is -2.25. The van der Waals surface area contributed by atoms with Crippen molar-refractivity contribution < 1.29 is 9.53 Å². The van der Waals surface area contributed by atoms with Gasteiger partial charge in [0.15, 0.2) is 5.78 Å². The topological polar surface area (TPSA) is 32.8 Å². The Labute approximate surface area is 229 Å². The van der Waals surface area contributed by atoms with E-state index in [2.05, 4.69) is 46.2 Å². The second-order valence-corrected chi connectivity index (χ2v) is 11.6. The summed E-state index contributed by atoms with van der Waals surface area (Å²) in [5.74, 6) is 0.973. The SMILES string of the molecule is O=C(c1ccc(CCN2CCCC2)cc1)c1c(-c2ccc(OCCN3CCCC3)cc2)sc2ccccc12. The van der Waals surface area contributed by atoms with Gasteiger partial charge in [0.2, 0.25) is 0 Å².